The molecule has 1 unspecified atom stereocenters. The molecule has 18 heavy (non-hydrogen) atoms. The normalized spacial score (nSPS) is 19.6. The number of nitrogens with zero attached hydrogens (tertiary/aromatic N) is 1. The maximum absolute atomic E-state index is 2.42. The zero-order valence-corrected chi connectivity index (χ0v) is 12.2. The summed E-state index contributed by atoms with van der Waals surface area (Å²) in [6.45, 7) is 3.64. The van der Waals surface area contributed by atoms with E-state index in [1.807, 2.05) is 0 Å². The van der Waals surface area contributed by atoms with E-state index in [-0.39, 0.29) is 0 Å². The predicted octanol–water partition coefficient (Wildman–Crippen LogP) is 4.09. The summed E-state index contributed by atoms with van der Waals surface area (Å²) in [5.41, 5.74) is 2.08. The van der Waals surface area contributed by atoms with Crippen LogP contribution in [0, 0.1) is 5.92 Å². The van der Waals surface area contributed by atoms with E-state index in [9.17, 15) is 0 Å². The van der Waals surface area contributed by atoms with Crippen LogP contribution in [-0.2, 0) is 5.41 Å². The van der Waals surface area contributed by atoms with E-state index in [1.54, 1.807) is 5.56 Å². The van der Waals surface area contributed by atoms with Crippen molar-refractivity contribution in [3.63, 3.8) is 0 Å². The molecule has 0 saturated heterocycles. The maximum Gasteiger partial charge on any atom is -0.00223 e. The van der Waals surface area contributed by atoms with Crippen molar-refractivity contribution in [3.05, 3.63) is 35.9 Å². The first kappa shape index (κ1) is 13.6. The van der Waals surface area contributed by atoms with Gasteiger partial charge in [0.2, 0.25) is 0 Å². The van der Waals surface area contributed by atoms with Gasteiger partial charge in [0, 0.05) is 0 Å². The fourth-order valence-electron chi connectivity index (χ4n) is 3.25. The largest absolute Gasteiger partial charge is 0.309 e. The molecule has 1 heteroatoms. The Kier molecular flexibility index (Phi) is 4.45. The fourth-order valence-corrected chi connectivity index (χ4v) is 3.25. The van der Waals surface area contributed by atoms with Gasteiger partial charge < -0.3 is 4.90 Å². The van der Waals surface area contributed by atoms with Crippen LogP contribution < -0.4 is 0 Å². The van der Waals surface area contributed by atoms with Gasteiger partial charge in [0.25, 0.3) is 0 Å². The summed E-state index contributed by atoms with van der Waals surface area (Å²) in [4.78, 5) is 2.30. The van der Waals surface area contributed by atoms with Crippen LogP contribution in [0.1, 0.15) is 44.6 Å². The van der Waals surface area contributed by atoms with E-state index >= 15 is 0 Å². The fraction of sp³-hybridized carbons (Fsp3) is 0.647. The molecule has 0 aromatic heterocycles. The lowest BCUT2D eigenvalue weighted by atomic mass is 9.60. The van der Waals surface area contributed by atoms with Gasteiger partial charge in [0.05, 0.1) is 0 Å². The molecule has 1 atom stereocenters. The Balaban J connectivity index is 1.97. The van der Waals surface area contributed by atoms with Crippen molar-refractivity contribution < 1.29 is 0 Å². The minimum Gasteiger partial charge on any atom is -0.309 e. The van der Waals surface area contributed by atoms with Crippen LogP contribution in [0.3, 0.4) is 0 Å². The van der Waals surface area contributed by atoms with Crippen molar-refractivity contribution in [3.8, 4) is 0 Å². The second kappa shape index (κ2) is 5.88. The molecule has 0 aliphatic heterocycles. The third-order valence-corrected chi connectivity index (χ3v) is 4.51. The first-order chi connectivity index (χ1) is 8.62. The standard InChI is InChI=1S/C17H27N/c1-15(10-13-18(2)3)14-17(11-7-12-17)16-8-5-4-6-9-16/h4-6,8-9,15H,7,10-14H2,1-3H3. The summed E-state index contributed by atoms with van der Waals surface area (Å²) in [7, 11) is 4.34. The molecule has 0 heterocycles. The molecule has 1 fully saturated rings. The first-order valence-corrected chi connectivity index (χ1v) is 7.33. The van der Waals surface area contributed by atoms with Crippen molar-refractivity contribution in [2.75, 3.05) is 20.6 Å². The van der Waals surface area contributed by atoms with Crippen LogP contribution in [0.15, 0.2) is 30.3 Å². The number of benzene rings is 1. The van der Waals surface area contributed by atoms with Gasteiger partial charge in [0.15, 0.2) is 0 Å². The zero-order chi connectivity index (χ0) is 13.0. The highest BCUT2D eigenvalue weighted by atomic mass is 15.0. The molecule has 0 bridgehead atoms. The zero-order valence-electron chi connectivity index (χ0n) is 12.2. The molecule has 1 aromatic carbocycles. The molecule has 1 aromatic rings. The highest BCUT2D eigenvalue weighted by Gasteiger charge is 2.39. The van der Waals surface area contributed by atoms with Crippen molar-refractivity contribution in [1.29, 1.82) is 0 Å². The average Bonchev–Trinajstić information content (AvgIpc) is 2.32. The van der Waals surface area contributed by atoms with E-state index in [4.69, 9.17) is 0 Å². The second-order valence-electron chi connectivity index (χ2n) is 6.40. The molecule has 1 saturated carbocycles. The summed E-state index contributed by atoms with van der Waals surface area (Å²) in [6.07, 6.45) is 6.88. The summed E-state index contributed by atoms with van der Waals surface area (Å²) < 4.78 is 0. The van der Waals surface area contributed by atoms with Gasteiger partial charge in [-0.1, -0.05) is 43.7 Å². The minimum atomic E-state index is 0.507. The van der Waals surface area contributed by atoms with Crippen LogP contribution in [-0.4, -0.2) is 25.5 Å². The molecule has 1 aliphatic carbocycles. The van der Waals surface area contributed by atoms with E-state index < -0.39 is 0 Å². The van der Waals surface area contributed by atoms with Gasteiger partial charge in [-0.25, -0.2) is 0 Å². The minimum absolute atomic E-state index is 0.507. The number of hydrogen-bond acceptors (Lipinski definition) is 1. The van der Waals surface area contributed by atoms with Crippen molar-refractivity contribution >= 4 is 0 Å². The highest BCUT2D eigenvalue weighted by Crippen LogP contribution is 2.48. The number of hydrogen-bond donors (Lipinski definition) is 0. The number of rotatable bonds is 6. The topological polar surface area (TPSA) is 3.24 Å². The van der Waals surface area contributed by atoms with E-state index in [0.29, 0.717) is 5.41 Å². The lowest BCUT2D eigenvalue weighted by molar-refractivity contribution is 0.185. The van der Waals surface area contributed by atoms with Gasteiger partial charge in [-0.3, -0.25) is 0 Å². The first-order valence-electron chi connectivity index (χ1n) is 7.33. The van der Waals surface area contributed by atoms with Crippen LogP contribution in [0.25, 0.3) is 0 Å². The molecule has 2 rings (SSSR count). The molecule has 0 N–H and O–H groups in total. The third kappa shape index (κ3) is 3.14. The molecular formula is C17H27N. The van der Waals surface area contributed by atoms with Crippen LogP contribution >= 0.6 is 0 Å². The molecule has 0 radical (unpaired) electrons. The van der Waals surface area contributed by atoms with Crippen LogP contribution in [0.4, 0.5) is 0 Å². The Morgan fingerprint density at radius 3 is 2.33 bits per heavy atom. The Labute approximate surface area is 112 Å². The Morgan fingerprint density at radius 1 is 1.17 bits per heavy atom. The smallest absolute Gasteiger partial charge is 0.00223 e. The molecule has 1 nitrogen and oxygen atoms in total. The van der Waals surface area contributed by atoms with Crippen LogP contribution in [0.5, 0.6) is 0 Å². The molecule has 1 aliphatic rings. The maximum atomic E-state index is 2.42. The average molecular weight is 245 g/mol. The van der Waals surface area contributed by atoms with Gasteiger partial charge in [-0.15, -0.1) is 0 Å². The molecule has 100 valence electrons. The SMILES string of the molecule is CC(CCN(C)C)CC1(c2ccccc2)CCC1. The summed E-state index contributed by atoms with van der Waals surface area (Å²) in [6, 6.07) is 11.2. The summed E-state index contributed by atoms with van der Waals surface area (Å²) in [5.74, 6) is 0.827. The lowest BCUT2D eigenvalue weighted by Crippen LogP contribution is -2.36. The lowest BCUT2D eigenvalue weighted by Gasteiger charge is -2.44. The van der Waals surface area contributed by atoms with Gasteiger partial charge in [-0.2, -0.15) is 0 Å². The second-order valence-corrected chi connectivity index (χ2v) is 6.40. The molecule has 0 amide bonds. The summed E-state index contributed by atoms with van der Waals surface area (Å²) in [5, 5.41) is 0. The highest BCUT2D eigenvalue weighted by molar-refractivity contribution is 5.27. The molecular weight excluding hydrogens is 218 g/mol. The Hall–Kier alpha value is -0.820. The van der Waals surface area contributed by atoms with Gasteiger partial charge in [0.1, 0.15) is 0 Å². The van der Waals surface area contributed by atoms with Crippen molar-refractivity contribution in [2.45, 2.75) is 44.4 Å². The molecule has 0 spiro atoms. The van der Waals surface area contributed by atoms with Crippen molar-refractivity contribution in [2.24, 2.45) is 5.92 Å². The Morgan fingerprint density at radius 2 is 1.83 bits per heavy atom. The van der Waals surface area contributed by atoms with Gasteiger partial charge in [-0.05, 0) is 63.2 Å². The van der Waals surface area contributed by atoms with E-state index in [2.05, 4.69) is 56.3 Å². The third-order valence-electron chi connectivity index (χ3n) is 4.51. The summed E-state index contributed by atoms with van der Waals surface area (Å²) >= 11 is 0. The van der Waals surface area contributed by atoms with Crippen molar-refractivity contribution in [1.82, 2.24) is 4.90 Å². The Bertz CT molecular complexity index is 351. The monoisotopic (exact) mass is 245 g/mol. The van der Waals surface area contributed by atoms with Gasteiger partial charge >= 0.3 is 0 Å². The quantitative estimate of drug-likeness (QED) is 0.730. The predicted molar refractivity (Wildman–Crippen MR) is 78.9 cm³/mol. The van der Waals surface area contributed by atoms with Crippen LogP contribution in [0.2, 0.25) is 0 Å². The van der Waals surface area contributed by atoms with E-state index in [0.717, 1.165) is 5.92 Å². The van der Waals surface area contributed by atoms with E-state index in [1.165, 1.54) is 38.6 Å².